The predicted octanol–water partition coefficient (Wildman–Crippen LogP) is 3.69. The summed E-state index contributed by atoms with van der Waals surface area (Å²) in [6.45, 7) is 0.350. The van der Waals surface area contributed by atoms with Gasteiger partial charge in [-0.2, -0.15) is 0 Å². The first-order chi connectivity index (χ1) is 9.16. The fraction of sp³-hybridized carbons (Fsp3) is 0.200. The smallest absolute Gasteiger partial charge is 0.130 e. The lowest BCUT2D eigenvalue weighted by Gasteiger charge is -2.18. The molecule has 0 aliphatic carbocycles. The number of aliphatic hydroxyl groups is 1. The van der Waals surface area contributed by atoms with Crippen LogP contribution in [0.4, 0.5) is 4.39 Å². The predicted molar refractivity (Wildman–Crippen MR) is 71.0 cm³/mol. The molecule has 0 aromatic heterocycles. The van der Waals surface area contributed by atoms with E-state index in [0.717, 1.165) is 11.3 Å². The van der Waals surface area contributed by atoms with Crippen LogP contribution < -0.4 is 4.74 Å². The van der Waals surface area contributed by atoms with Crippen molar-refractivity contribution in [1.29, 1.82) is 0 Å². The molecule has 98 valence electrons. The Hall–Kier alpha value is -1.58. The van der Waals surface area contributed by atoms with E-state index < -0.39 is 11.9 Å². The normalized spacial score (nSPS) is 18.8. The Morgan fingerprint density at radius 3 is 2.84 bits per heavy atom. The maximum Gasteiger partial charge on any atom is 0.130 e. The minimum Gasteiger partial charge on any atom is -0.493 e. The summed E-state index contributed by atoms with van der Waals surface area (Å²) in [5.41, 5.74) is 1.15. The molecule has 0 spiro atoms. The van der Waals surface area contributed by atoms with Crippen LogP contribution in [0.15, 0.2) is 42.5 Å². The van der Waals surface area contributed by atoms with Gasteiger partial charge in [0.2, 0.25) is 0 Å². The van der Waals surface area contributed by atoms with Crippen LogP contribution in [-0.2, 0) is 0 Å². The molecule has 2 nitrogen and oxygen atoms in total. The Labute approximate surface area is 115 Å². The summed E-state index contributed by atoms with van der Waals surface area (Å²) in [6, 6.07) is 11.8. The van der Waals surface area contributed by atoms with Gasteiger partial charge in [0.25, 0.3) is 0 Å². The van der Waals surface area contributed by atoms with Gasteiger partial charge in [-0.15, -0.1) is 0 Å². The molecule has 0 saturated heterocycles. The van der Waals surface area contributed by atoms with Crippen LogP contribution in [0, 0.1) is 5.82 Å². The lowest BCUT2D eigenvalue weighted by Crippen LogP contribution is -2.13. The van der Waals surface area contributed by atoms with E-state index in [1.165, 1.54) is 12.1 Å². The summed E-state index contributed by atoms with van der Waals surface area (Å²) in [6.07, 6.45) is -0.944. The number of benzene rings is 2. The molecule has 2 atom stereocenters. The second kappa shape index (κ2) is 4.83. The number of fused-ring (bicyclic) bond motifs is 1. The third kappa shape index (κ3) is 2.20. The van der Waals surface area contributed by atoms with E-state index in [1.54, 1.807) is 6.07 Å². The lowest BCUT2D eigenvalue weighted by atomic mass is 9.90. The Morgan fingerprint density at radius 2 is 2.05 bits per heavy atom. The van der Waals surface area contributed by atoms with E-state index in [2.05, 4.69) is 0 Å². The molecule has 2 unspecified atom stereocenters. The van der Waals surface area contributed by atoms with Crippen LogP contribution >= 0.6 is 11.6 Å². The molecule has 1 heterocycles. The second-order valence-electron chi connectivity index (χ2n) is 4.57. The number of aliphatic hydroxyl groups excluding tert-OH is 1. The monoisotopic (exact) mass is 278 g/mol. The zero-order valence-corrected chi connectivity index (χ0v) is 10.8. The van der Waals surface area contributed by atoms with Crippen molar-refractivity contribution >= 4 is 11.6 Å². The van der Waals surface area contributed by atoms with Gasteiger partial charge in [-0.3, -0.25) is 0 Å². The van der Waals surface area contributed by atoms with E-state index in [1.807, 2.05) is 24.3 Å². The van der Waals surface area contributed by atoms with Crippen molar-refractivity contribution in [2.75, 3.05) is 6.61 Å². The third-order valence-electron chi connectivity index (χ3n) is 3.40. The molecule has 2 aromatic rings. The summed E-state index contributed by atoms with van der Waals surface area (Å²) in [4.78, 5) is 0. The number of rotatable bonds is 2. The first-order valence-electron chi connectivity index (χ1n) is 6.01. The van der Waals surface area contributed by atoms with Crippen LogP contribution in [0.2, 0.25) is 5.02 Å². The average molecular weight is 279 g/mol. The Morgan fingerprint density at radius 1 is 1.26 bits per heavy atom. The van der Waals surface area contributed by atoms with Gasteiger partial charge in [0.15, 0.2) is 0 Å². The molecule has 0 bridgehead atoms. The summed E-state index contributed by atoms with van der Waals surface area (Å²) < 4.78 is 19.4. The summed E-state index contributed by atoms with van der Waals surface area (Å²) in [5, 5.41) is 10.7. The quantitative estimate of drug-likeness (QED) is 0.908. The maximum atomic E-state index is 13.8. The van der Waals surface area contributed by atoms with E-state index in [-0.39, 0.29) is 11.5 Å². The molecule has 0 saturated carbocycles. The largest absolute Gasteiger partial charge is 0.493 e. The van der Waals surface area contributed by atoms with E-state index in [9.17, 15) is 9.50 Å². The Bertz CT molecular complexity index is 615. The van der Waals surface area contributed by atoms with Gasteiger partial charge in [0.1, 0.15) is 11.6 Å². The fourth-order valence-electron chi connectivity index (χ4n) is 2.41. The van der Waals surface area contributed by atoms with Gasteiger partial charge in [0, 0.05) is 16.1 Å². The Kier molecular flexibility index (Phi) is 3.17. The molecule has 1 N–H and O–H groups in total. The minimum absolute atomic E-state index is 0.245. The number of hydrogen-bond acceptors (Lipinski definition) is 2. The van der Waals surface area contributed by atoms with Crippen molar-refractivity contribution in [3.8, 4) is 5.75 Å². The third-order valence-corrected chi connectivity index (χ3v) is 3.63. The number of halogens is 2. The number of para-hydroxylation sites is 1. The van der Waals surface area contributed by atoms with Crippen molar-refractivity contribution in [1.82, 2.24) is 0 Å². The topological polar surface area (TPSA) is 29.5 Å². The molecule has 0 fully saturated rings. The van der Waals surface area contributed by atoms with E-state index >= 15 is 0 Å². The highest BCUT2D eigenvalue weighted by Crippen LogP contribution is 2.41. The molecule has 1 aliphatic rings. The lowest BCUT2D eigenvalue weighted by molar-refractivity contribution is 0.126. The zero-order chi connectivity index (χ0) is 13.4. The van der Waals surface area contributed by atoms with Crippen molar-refractivity contribution < 1.29 is 14.2 Å². The average Bonchev–Trinajstić information content (AvgIpc) is 2.82. The van der Waals surface area contributed by atoms with Gasteiger partial charge < -0.3 is 9.84 Å². The van der Waals surface area contributed by atoms with Crippen LogP contribution in [-0.4, -0.2) is 11.7 Å². The van der Waals surface area contributed by atoms with Gasteiger partial charge in [-0.25, -0.2) is 4.39 Å². The Balaban J connectivity index is 1.95. The summed E-state index contributed by atoms with van der Waals surface area (Å²) >= 11 is 5.72. The molecule has 1 aliphatic heterocycles. The molecule has 4 heteroatoms. The highest BCUT2D eigenvalue weighted by atomic mass is 35.5. The molecule has 0 amide bonds. The zero-order valence-electron chi connectivity index (χ0n) is 10.0. The van der Waals surface area contributed by atoms with Crippen molar-refractivity contribution in [3.63, 3.8) is 0 Å². The molecule has 19 heavy (non-hydrogen) atoms. The van der Waals surface area contributed by atoms with Gasteiger partial charge in [0.05, 0.1) is 18.6 Å². The molecule has 0 radical (unpaired) electrons. The molecular weight excluding hydrogens is 267 g/mol. The highest BCUT2D eigenvalue weighted by Gasteiger charge is 2.32. The van der Waals surface area contributed by atoms with Gasteiger partial charge in [-0.1, -0.05) is 35.9 Å². The fourth-order valence-corrected chi connectivity index (χ4v) is 2.57. The molecular formula is C15H12ClFO2. The molecule has 2 aromatic carbocycles. The minimum atomic E-state index is -0.944. The summed E-state index contributed by atoms with van der Waals surface area (Å²) in [7, 11) is 0. The van der Waals surface area contributed by atoms with Crippen LogP contribution in [0.1, 0.15) is 23.1 Å². The van der Waals surface area contributed by atoms with E-state index in [4.69, 9.17) is 16.3 Å². The van der Waals surface area contributed by atoms with E-state index in [0.29, 0.717) is 11.6 Å². The summed E-state index contributed by atoms with van der Waals surface area (Å²) in [5.74, 6) is -0.00261. The SMILES string of the molecule is OC(c1ccc(Cl)cc1F)C1COc2ccccc21. The van der Waals surface area contributed by atoms with Crippen LogP contribution in [0.5, 0.6) is 5.75 Å². The first-order valence-corrected chi connectivity index (χ1v) is 6.39. The number of ether oxygens (including phenoxy) is 1. The van der Waals surface area contributed by atoms with Crippen molar-refractivity contribution in [3.05, 3.63) is 64.4 Å². The van der Waals surface area contributed by atoms with Crippen LogP contribution in [0.3, 0.4) is 0 Å². The standard InChI is InChI=1S/C15H12ClFO2/c16-9-5-6-11(13(17)7-9)15(18)12-8-19-14-4-2-1-3-10(12)14/h1-7,12,15,18H,8H2. The van der Waals surface area contributed by atoms with Gasteiger partial charge in [-0.05, 0) is 18.2 Å². The van der Waals surface area contributed by atoms with Crippen molar-refractivity contribution in [2.24, 2.45) is 0 Å². The maximum absolute atomic E-state index is 13.8. The molecule has 3 rings (SSSR count). The van der Waals surface area contributed by atoms with Crippen LogP contribution in [0.25, 0.3) is 0 Å². The number of hydrogen-bond donors (Lipinski definition) is 1. The van der Waals surface area contributed by atoms with Gasteiger partial charge >= 0.3 is 0 Å². The highest BCUT2D eigenvalue weighted by molar-refractivity contribution is 6.30. The second-order valence-corrected chi connectivity index (χ2v) is 5.00. The van der Waals surface area contributed by atoms with Crippen molar-refractivity contribution in [2.45, 2.75) is 12.0 Å². The first kappa shape index (κ1) is 12.5.